The molecule has 5 amide bonds. The molecule has 7 rings (SSSR count). The molecular weight excluding hydrogens is 1110 g/mol. The van der Waals surface area contributed by atoms with Gasteiger partial charge in [0.1, 0.15) is 41.5 Å². The van der Waals surface area contributed by atoms with E-state index in [0.29, 0.717) is 0 Å². The number of hydrogen-bond acceptors (Lipinski definition) is 13. The number of carbonyl (C=O) groups is 5. The number of hydrogen-bond donors (Lipinski definition) is 6. The van der Waals surface area contributed by atoms with Crippen molar-refractivity contribution < 1.29 is 52.1 Å². The number of aliphatic hydroxyl groups excluding tert-OH is 1. The number of likely N-dealkylation sites (tertiary alicyclic amines) is 1. The van der Waals surface area contributed by atoms with E-state index in [1.165, 1.54) is 60.5 Å². The molecule has 2 saturated heterocycles. The lowest BCUT2D eigenvalue weighted by Gasteiger charge is -2.37. The first-order valence-corrected chi connectivity index (χ1v) is 28.0. The van der Waals surface area contributed by atoms with Crippen LogP contribution in [0.2, 0.25) is 10.0 Å². The predicted octanol–water partition coefficient (Wildman–Crippen LogP) is 8.24. The Balaban J connectivity index is 0.891. The van der Waals surface area contributed by atoms with Gasteiger partial charge in [0.05, 0.1) is 71.9 Å². The standard InChI is InChI=1S/C59H68Cl2F2N8O9S/c1-33-51(81-32-67-33)35-14-12-34(13-15-35)28-66-54(75)44-26-38(72)29-71(44)56(77)52(58(5,6)7)70-47(73)30-80-23-22-79-21-20-65-53(74)36-16-19-43(45(24-36)78-8)68-55(76)50-48(39-10-9-11-41(61)49(39)63)59(31-64,46(69-50)27-57(2,3)4)40-18-17-37(60)25-42(40)62/h9-19,24-25,32,38,44,46,48,50,52,69,72H,20-23,26-30H2,1-8H3,(H,65,74)(H,66,75)(H,68,76)(H,70,73)/t38-,44+,46?,48?,50-,52-,59?/m1/s1. The van der Waals surface area contributed by atoms with Gasteiger partial charge in [-0.15, -0.1) is 11.3 Å². The van der Waals surface area contributed by atoms with Gasteiger partial charge in [-0.3, -0.25) is 24.0 Å². The topological polar surface area (TPSA) is 233 Å². The summed E-state index contributed by atoms with van der Waals surface area (Å²) in [6.45, 7) is 13.1. The number of nitrogens with zero attached hydrogens (tertiary/aromatic N) is 3. The quantitative estimate of drug-likeness (QED) is 0.0382. The summed E-state index contributed by atoms with van der Waals surface area (Å²) < 4.78 is 49.1. The van der Waals surface area contributed by atoms with Crippen LogP contribution in [-0.2, 0) is 40.6 Å². The van der Waals surface area contributed by atoms with Gasteiger partial charge in [0, 0.05) is 54.2 Å². The van der Waals surface area contributed by atoms with Crippen LogP contribution in [0.5, 0.6) is 5.75 Å². The van der Waals surface area contributed by atoms with Gasteiger partial charge in [0.25, 0.3) is 5.91 Å². The Morgan fingerprint density at radius 2 is 1.68 bits per heavy atom. The van der Waals surface area contributed by atoms with E-state index >= 15 is 8.78 Å². The van der Waals surface area contributed by atoms with Crippen LogP contribution in [0, 0.1) is 40.7 Å². The number of benzene rings is 4. The maximum Gasteiger partial charge on any atom is 0.251 e. The minimum absolute atomic E-state index is 0.00592. The molecule has 2 aliphatic heterocycles. The molecule has 0 bridgehead atoms. The first-order valence-electron chi connectivity index (χ1n) is 26.4. The predicted molar refractivity (Wildman–Crippen MR) is 305 cm³/mol. The van der Waals surface area contributed by atoms with Crippen molar-refractivity contribution >= 4 is 69.8 Å². The summed E-state index contributed by atoms with van der Waals surface area (Å²) in [5, 5.41) is 36.2. The lowest BCUT2D eigenvalue weighted by atomic mass is 9.62. The van der Waals surface area contributed by atoms with Crippen molar-refractivity contribution in [2.75, 3.05) is 51.9 Å². The number of anilines is 1. The Morgan fingerprint density at radius 3 is 2.33 bits per heavy atom. The number of aryl methyl sites for hydroxylation is 1. The van der Waals surface area contributed by atoms with E-state index in [1.807, 2.05) is 52.0 Å². The highest BCUT2D eigenvalue weighted by atomic mass is 35.5. The van der Waals surface area contributed by atoms with Gasteiger partial charge in [-0.25, -0.2) is 13.8 Å². The summed E-state index contributed by atoms with van der Waals surface area (Å²) >= 11 is 14.0. The second-order valence-electron chi connectivity index (χ2n) is 22.5. The monoisotopic (exact) mass is 1170 g/mol. The normalized spacial score (nSPS) is 20.3. The summed E-state index contributed by atoms with van der Waals surface area (Å²) in [6.07, 6.45) is -0.612. The van der Waals surface area contributed by atoms with E-state index in [9.17, 15) is 34.3 Å². The third-order valence-electron chi connectivity index (χ3n) is 14.3. The summed E-state index contributed by atoms with van der Waals surface area (Å²) in [7, 11) is 1.35. The van der Waals surface area contributed by atoms with Gasteiger partial charge in [0.15, 0.2) is 0 Å². The number of methoxy groups -OCH3 is 1. The molecule has 3 heterocycles. The molecule has 0 radical (unpaired) electrons. The first kappa shape index (κ1) is 62.0. The first-order chi connectivity index (χ1) is 38.4. The van der Waals surface area contributed by atoms with Crippen LogP contribution < -0.4 is 31.3 Å². The number of ether oxygens (including phenoxy) is 3. The van der Waals surface area contributed by atoms with Crippen LogP contribution in [-0.4, -0.2) is 121 Å². The smallest absolute Gasteiger partial charge is 0.251 e. The Morgan fingerprint density at radius 1 is 0.951 bits per heavy atom. The second kappa shape index (κ2) is 26.6. The minimum Gasteiger partial charge on any atom is -0.495 e. The van der Waals surface area contributed by atoms with Crippen LogP contribution >= 0.6 is 34.5 Å². The maximum atomic E-state index is 16.2. The number of halogens is 4. The molecule has 4 aromatic carbocycles. The van der Waals surface area contributed by atoms with Crippen molar-refractivity contribution in [2.45, 2.75) is 109 Å². The van der Waals surface area contributed by atoms with Crippen LogP contribution in [0.1, 0.15) is 93.0 Å². The molecule has 1 aromatic heterocycles. The molecule has 6 N–H and O–H groups in total. The lowest BCUT2D eigenvalue weighted by molar-refractivity contribution is -0.144. The van der Waals surface area contributed by atoms with E-state index in [1.54, 1.807) is 37.6 Å². The van der Waals surface area contributed by atoms with Crippen LogP contribution in [0.4, 0.5) is 14.5 Å². The van der Waals surface area contributed by atoms with Crippen LogP contribution in [0.15, 0.2) is 84.4 Å². The highest BCUT2D eigenvalue weighted by Crippen LogP contribution is 2.53. The van der Waals surface area contributed by atoms with E-state index in [2.05, 4.69) is 37.6 Å². The van der Waals surface area contributed by atoms with E-state index in [4.69, 9.17) is 37.4 Å². The minimum atomic E-state index is -1.85. The average Bonchev–Trinajstić information content (AvgIpc) is 4.36. The van der Waals surface area contributed by atoms with Crippen molar-refractivity contribution in [1.29, 1.82) is 5.26 Å². The van der Waals surface area contributed by atoms with Gasteiger partial charge in [0.2, 0.25) is 23.6 Å². The third kappa shape index (κ3) is 14.7. The van der Waals surface area contributed by atoms with E-state index in [0.717, 1.165) is 27.8 Å². The zero-order valence-electron chi connectivity index (χ0n) is 46.4. The van der Waals surface area contributed by atoms with Gasteiger partial charge in [-0.05, 0) is 77.3 Å². The zero-order chi connectivity index (χ0) is 59.0. The Bertz CT molecular complexity index is 3150. The molecule has 7 atom stereocenters. The molecule has 0 aliphatic carbocycles. The zero-order valence-corrected chi connectivity index (χ0v) is 48.7. The number of carbonyl (C=O) groups excluding carboxylic acids is 5. The van der Waals surface area contributed by atoms with Crippen LogP contribution in [0.3, 0.4) is 0 Å². The Labute approximate surface area is 484 Å². The maximum absolute atomic E-state index is 16.2. The Hall–Kier alpha value is -6.57. The summed E-state index contributed by atoms with van der Waals surface area (Å²) in [4.78, 5) is 75.2. The number of β-amino-alcohol motifs (C(OH)–C–C–N with tert-alkyl or cyclic N) is 1. The fourth-order valence-electron chi connectivity index (χ4n) is 10.4. The largest absolute Gasteiger partial charge is 0.495 e. The number of aromatic nitrogens is 1. The fraction of sp³-hybridized carbons (Fsp3) is 0.441. The molecule has 81 heavy (non-hydrogen) atoms. The number of nitriles is 1. The molecular formula is C59H68Cl2F2N8O9S. The molecule has 0 saturated carbocycles. The second-order valence-corrected chi connectivity index (χ2v) is 24.2. The average molecular weight is 1170 g/mol. The SMILES string of the molecule is COc1cc(C(=O)NCCOCCOCC(=O)N[C@H](C(=O)N2C[C@H](O)C[C@H]2C(=O)NCc2ccc(-c3scnc3C)cc2)C(C)(C)C)ccc1NC(=O)[C@@H]1NC(CC(C)(C)C)C(C#N)(c2ccc(Cl)cc2F)C1c1cccc(Cl)c1F. The van der Waals surface area contributed by atoms with Crippen molar-refractivity contribution in [3.8, 4) is 22.3 Å². The van der Waals surface area contributed by atoms with Crippen molar-refractivity contribution in [3.05, 3.63) is 134 Å². The number of nitrogens with one attached hydrogen (secondary N) is 5. The number of rotatable bonds is 21. The molecule has 2 aliphatic rings. The molecule has 17 nitrogen and oxygen atoms in total. The molecule has 0 spiro atoms. The highest BCUT2D eigenvalue weighted by molar-refractivity contribution is 7.13. The third-order valence-corrected chi connectivity index (χ3v) is 15.8. The van der Waals surface area contributed by atoms with E-state index in [-0.39, 0.29) is 90.5 Å². The van der Waals surface area contributed by atoms with Crippen molar-refractivity contribution in [2.24, 2.45) is 10.8 Å². The number of aliphatic hydroxyl groups is 1. The van der Waals surface area contributed by atoms with Gasteiger partial charge < -0.3 is 50.8 Å². The van der Waals surface area contributed by atoms with Crippen molar-refractivity contribution in [1.82, 2.24) is 31.2 Å². The number of amides is 5. The van der Waals surface area contributed by atoms with Crippen molar-refractivity contribution in [3.63, 3.8) is 0 Å². The van der Waals surface area contributed by atoms with E-state index < -0.39 is 100 Å². The van der Waals surface area contributed by atoms with Gasteiger partial charge in [-0.1, -0.05) is 107 Å². The van der Waals surface area contributed by atoms with Gasteiger partial charge >= 0.3 is 0 Å². The summed E-state index contributed by atoms with van der Waals surface area (Å²) in [5.74, 6) is -5.55. The molecule has 2 fully saturated rings. The lowest BCUT2D eigenvalue weighted by Crippen LogP contribution is -2.58. The number of thiazole rings is 1. The fourth-order valence-corrected chi connectivity index (χ4v) is 11.6. The van der Waals surface area contributed by atoms with Crippen LogP contribution in [0.25, 0.3) is 10.4 Å². The molecule has 22 heteroatoms. The highest BCUT2D eigenvalue weighted by Gasteiger charge is 2.61. The molecule has 432 valence electrons. The Kier molecular flexibility index (Phi) is 20.3. The summed E-state index contributed by atoms with van der Waals surface area (Å²) in [6, 6.07) is 18.4. The summed E-state index contributed by atoms with van der Waals surface area (Å²) in [5.41, 5.74) is 1.72. The molecule has 3 unspecified atom stereocenters. The van der Waals surface area contributed by atoms with Gasteiger partial charge in [-0.2, -0.15) is 5.26 Å². The molecule has 5 aromatic rings.